The van der Waals surface area contributed by atoms with Crippen molar-refractivity contribution in [2.75, 3.05) is 40.5 Å². The molecule has 2 N–H and O–H groups in total. The highest BCUT2D eigenvalue weighted by Crippen LogP contribution is 2.27. The van der Waals surface area contributed by atoms with Gasteiger partial charge in [-0.1, -0.05) is 6.07 Å². The Bertz CT molecular complexity index is 492. The average Bonchev–Trinajstić information content (AvgIpc) is 2.61. The fourth-order valence-corrected chi connectivity index (χ4v) is 2.19. The minimum atomic E-state index is 0.609. The van der Waals surface area contributed by atoms with E-state index in [0.717, 1.165) is 55.6 Å². The Kier molecular flexibility index (Phi) is 10.4. The summed E-state index contributed by atoms with van der Waals surface area (Å²) in [4.78, 5) is 4.24. The van der Waals surface area contributed by atoms with E-state index in [1.807, 2.05) is 32.0 Å². The topological polar surface area (TPSA) is 64.1 Å². The Hall–Kier alpha value is -1.95. The first-order valence-electron chi connectivity index (χ1n) is 8.57. The third kappa shape index (κ3) is 7.55. The van der Waals surface area contributed by atoms with Crippen LogP contribution in [0.5, 0.6) is 11.5 Å². The van der Waals surface area contributed by atoms with Gasteiger partial charge in [0.15, 0.2) is 17.5 Å². The van der Waals surface area contributed by atoms with Crippen molar-refractivity contribution in [2.24, 2.45) is 4.99 Å². The van der Waals surface area contributed by atoms with Gasteiger partial charge in [0.05, 0.1) is 13.7 Å². The maximum absolute atomic E-state index is 5.60. The van der Waals surface area contributed by atoms with Gasteiger partial charge in [0.25, 0.3) is 0 Å². The predicted octanol–water partition coefficient (Wildman–Crippen LogP) is 2.58. The molecule has 6 nitrogen and oxygen atoms in total. The summed E-state index contributed by atoms with van der Waals surface area (Å²) >= 11 is 0. The van der Waals surface area contributed by atoms with E-state index in [2.05, 4.69) is 15.6 Å². The Morgan fingerprint density at radius 3 is 2.58 bits per heavy atom. The summed E-state index contributed by atoms with van der Waals surface area (Å²) < 4.78 is 16.2. The van der Waals surface area contributed by atoms with Crippen LogP contribution in [0.3, 0.4) is 0 Å². The van der Waals surface area contributed by atoms with Crippen molar-refractivity contribution in [1.82, 2.24) is 10.6 Å². The zero-order chi connectivity index (χ0) is 17.6. The van der Waals surface area contributed by atoms with Crippen LogP contribution in [0, 0.1) is 0 Å². The maximum atomic E-state index is 5.60. The van der Waals surface area contributed by atoms with Crippen molar-refractivity contribution in [3.05, 3.63) is 23.8 Å². The normalized spacial score (nSPS) is 11.2. The molecule has 0 spiro atoms. The molecule has 1 rings (SSSR count). The van der Waals surface area contributed by atoms with Gasteiger partial charge in [0.1, 0.15) is 0 Å². The third-order valence-electron chi connectivity index (χ3n) is 3.42. The lowest BCUT2D eigenvalue weighted by atomic mass is 10.2. The van der Waals surface area contributed by atoms with E-state index < -0.39 is 0 Å². The highest BCUT2D eigenvalue weighted by molar-refractivity contribution is 5.79. The molecule has 0 amide bonds. The molecule has 0 radical (unpaired) electrons. The van der Waals surface area contributed by atoms with Gasteiger partial charge in [-0.15, -0.1) is 0 Å². The summed E-state index contributed by atoms with van der Waals surface area (Å²) in [5.41, 5.74) is 1.11. The molecule has 6 heteroatoms. The second-order valence-corrected chi connectivity index (χ2v) is 5.17. The van der Waals surface area contributed by atoms with Crippen molar-refractivity contribution >= 4 is 5.96 Å². The number of hydrogen-bond donors (Lipinski definition) is 2. The molecule has 0 atom stereocenters. The largest absolute Gasteiger partial charge is 0.493 e. The van der Waals surface area contributed by atoms with Crippen LogP contribution in [0.2, 0.25) is 0 Å². The first-order chi connectivity index (χ1) is 11.7. The van der Waals surface area contributed by atoms with Crippen LogP contribution in [-0.2, 0) is 11.3 Å². The number of hydrogen-bond acceptors (Lipinski definition) is 4. The van der Waals surface area contributed by atoms with Crippen LogP contribution in [0.15, 0.2) is 23.2 Å². The van der Waals surface area contributed by atoms with E-state index in [1.165, 1.54) is 0 Å². The van der Waals surface area contributed by atoms with E-state index in [-0.39, 0.29) is 0 Å². The lowest BCUT2D eigenvalue weighted by Crippen LogP contribution is -2.37. The zero-order valence-electron chi connectivity index (χ0n) is 15.4. The predicted molar refractivity (Wildman–Crippen MR) is 98.1 cm³/mol. The Morgan fingerprint density at radius 2 is 1.92 bits per heavy atom. The summed E-state index contributed by atoms with van der Waals surface area (Å²) in [6.07, 6.45) is 2.10. The summed E-state index contributed by atoms with van der Waals surface area (Å²) in [6.45, 7) is 7.72. The number of guanidine groups is 1. The molecule has 0 saturated carbocycles. The standard InChI is InChI=1S/C18H31N3O3/c1-5-23-12-8-7-11-20-18(19-3)21-14-15-9-10-16(22-4)17(13-15)24-6-2/h9-10,13H,5-8,11-12,14H2,1-4H3,(H2,19,20,21). The molecule has 1 aromatic rings. The second kappa shape index (κ2) is 12.5. The average molecular weight is 337 g/mol. The van der Waals surface area contributed by atoms with Crippen molar-refractivity contribution in [3.8, 4) is 11.5 Å². The van der Waals surface area contributed by atoms with Crippen molar-refractivity contribution in [2.45, 2.75) is 33.2 Å². The highest BCUT2D eigenvalue weighted by atomic mass is 16.5. The van der Waals surface area contributed by atoms with E-state index >= 15 is 0 Å². The van der Waals surface area contributed by atoms with Gasteiger partial charge in [-0.3, -0.25) is 4.99 Å². The fourth-order valence-electron chi connectivity index (χ4n) is 2.19. The van der Waals surface area contributed by atoms with E-state index in [0.29, 0.717) is 13.2 Å². The summed E-state index contributed by atoms with van der Waals surface area (Å²) in [6, 6.07) is 5.93. The summed E-state index contributed by atoms with van der Waals surface area (Å²) in [5, 5.41) is 6.61. The van der Waals surface area contributed by atoms with Crippen molar-refractivity contribution in [1.29, 1.82) is 0 Å². The summed E-state index contributed by atoms with van der Waals surface area (Å²) in [5.74, 6) is 2.30. The van der Waals surface area contributed by atoms with Gasteiger partial charge in [-0.2, -0.15) is 0 Å². The number of nitrogens with one attached hydrogen (secondary N) is 2. The van der Waals surface area contributed by atoms with Gasteiger partial charge >= 0.3 is 0 Å². The van der Waals surface area contributed by atoms with Gasteiger partial charge in [-0.25, -0.2) is 0 Å². The molecular weight excluding hydrogens is 306 g/mol. The number of unbranched alkanes of at least 4 members (excludes halogenated alkanes) is 1. The highest BCUT2D eigenvalue weighted by Gasteiger charge is 2.06. The zero-order valence-corrected chi connectivity index (χ0v) is 15.4. The molecule has 0 saturated heterocycles. The minimum Gasteiger partial charge on any atom is -0.493 e. The molecule has 0 aromatic heterocycles. The first-order valence-corrected chi connectivity index (χ1v) is 8.57. The SMILES string of the molecule is CCOCCCCNC(=NC)NCc1ccc(OC)c(OCC)c1. The van der Waals surface area contributed by atoms with Gasteiger partial charge in [0, 0.05) is 33.4 Å². The Balaban J connectivity index is 2.41. The lowest BCUT2D eigenvalue weighted by molar-refractivity contribution is 0.143. The van der Waals surface area contributed by atoms with Gasteiger partial charge < -0.3 is 24.8 Å². The van der Waals surface area contributed by atoms with Crippen LogP contribution in [0.1, 0.15) is 32.3 Å². The molecule has 24 heavy (non-hydrogen) atoms. The first kappa shape index (κ1) is 20.1. The maximum Gasteiger partial charge on any atom is 0.191 e. The Labute approximate surface area is 145 Å². The Morgan fingerprint density at radius 1 is 1.08 bits per heavy atom. The van der Waals surface area contributed by atoms with Crippen LogP contribution < -0.4 is 20.1 Å². The number of aliphatic imine (C=N–C) groups is 1. The van der Waals surface area contributed by atoms with Crippen LogP contribution in [0.4, 0.5) is 0 Å². The second-order valence-electron chi connectivity index (χ2n) is 5.17. The fraction of sp³-hybridized carbons (Fsp3) is 0.611. The molecule has 0 unspecified atom stereocenters. The van der Waals surface area contributed by atoms with Crippen molar-refractivity contribution < 1.29 is 14.2 Å². The van der Waals surface area contributed by atoms with Crippen LogP contribution >= 0.6 is 0 Å². The van der Waals surface area contributed by atoms with Gasteiger partial charge in [0.2, 0.25) is 0 Å². The summed E-state index contributed by atoms with van der Waals surface area (Å²) in [7, 11) is 3.42. The van der Waals surface area contributed by atoms with Crippen molar-refractivity contribution in [3.63, 3.8) is 0 Å². The molecular formula is C18H31N3O3. The number of nitrogens with zero attached hydrogens (tertiary/aromatic N) is 1. The molecule has 0 heterocycles. The number of methoxy groups -OCH3 is 1. The number of ether oxygens (including phenoxy) is 3. The molecule has 0 fully saturated rings. The number of rotatable bonds is 11. The lowest BCUT2D eigenvalue weighted by Gasteiger charge is -2.14. The molecule has 0 aliphatic heterocycles. The van der Waals surface area contributed by atoms with Crippen LogP contribution in [-0.4, -0.2) is 46.5 Å². The monoisotopic (exact) mass is 337 g/mol. The van der Waals surface area contributed by atoms with Crippen LogP contribution in [0.25, 0.3) is 0 Å². The minimum absolute atomic E-state index is 0.609. The molecule has 0 aliphatic rings. The number of benzene rings is 1. The van der Waals surface area contributed by atoms with E-state index in [4.69, 9.17) is 14.2 Å². The molecule has 136 valence electrons. The molecule has 1 aromatic carbocycles. The third-order valence-corrected chi connectivity index (χ3v) is 3.42. The molecule has 0 aliphatic carbocycles. The van der Waals surface area contributed by atoms with Gasteiger partial charge in [-0.05, 0) is 44.4 Å². The van der Waals surface area contributed by atoms with E-state index in [1.54, 1.807) is 14.2 Å². The smallest absolute Gasteiger partial charge is 0.191 e. The van der Waals surface area contributed by atoms with E-state index in [9.17, 15) is 0 Å². The molecule has 0 bridgehead atoms. The quantitative estimate of drug-likeness (QED) is 0.369.